The molecule has 0 aromatic carbocycles. The maximum absolute atomic E-state index is 5.40. The van der Waals surface area contributed by atoms with Crippen LogP contribution in [0.2, 0.25) is 0 Å². The average molecular weight is 137 g/mol. The van der Waals surface area contributed by atoms with E-state index in [2.05, 4.69) is 4.98 Å². The number of pyridine rings is 1. The molecule has 0 radical (unpaired) electrons. The fourth-order valence-corrected chi connectivity index (χ4v) is 0.767. The molecule has 0 spiro atoms. The zero-order chi connectivity index (χ0) is 7.40. The summed E-state index contributed by atoms with van der Waals surface area (Å²) in [6, 6.07) is 3.80. The normalized spacial score (nSPS) is 9.80. The molecule has 1 heterocycles. The van der Waals surface area contributed by atoms with Gasteiger partial charge in [-0.1, -0.05) is 0 Å². The van der Waals surface area contributed by atoms with Gasteiger partial charge in [-0.25, -0.2) is 0 Å². The van der Waals surface area contributed by atoms with Crippen molar-refractivity contribution in [2.75, 3.05) is 0 Å². The van der Waals surface area contributed by atoms with Crippen molar-refractivity contribution >= 4 is 0 Å². The van der Waals surface area contributed by atoms with Gasteiger partial charge in [-0.2, -0.15) is 0 Å². The molecule has 0 amide bonds. The highest BCUT2D eigenvalue weighted by molar-refractivity contribution is 5.15. The van der Waals surface area contributed by atoms with Crippen molar-refractivity contribution in [3.63, 3.8) is 0 Å². The minimum Gasteiger partial charge on any atom is -0.326 e. The Hall–Kier alpha value is -0.930. The first-order valence-electron chi connectivity index (χ1n) is 3.20. The van der Waals surface area contributed by atoms with Crippen LogP contribution in [0.25, 0.3) is 0 Å². The zero-order valence-electron chi connectivity index (χ0n) is 5.75. The summed E-state index contributed by atoms with van der Waals surface area (Å²) < 4.78 is 0. The summed E-state index contributed by atoms with van der Waals surface area (Å²) >= 11 is 0. The van der Waals surface area contributed by atoms with Crippen LogP contribution in [0, 0.1) is 0 Å². The third kappa shape index (κ3) is 1.52. The van der Waals surface area contributed by atoms with E-state index in [1.807, 2.05) is 12.1 Å². The first-order valence-corrected chi connectivity index (χ1v) is 3.20. The van der Waals surface area contributed by atoms with E-state index < -0.39 is 0 Å². The van der Waals surface area contributed by atoms with Crippen LogP contribution in [0.5, 0.6) is 0 Å². The molecule has 0 bridgehead atoms. The van der Waals surface area contributed by atoms with E-state index in [-0.39, 0.29) is 0 Å². The van der Waals surface area contributed by atoms with Crippen LogP contribution >= 0.6 is 0 Å². The van der Waals surface area contributed by atoms with Crippen molar-refractivity contribution < 1.29 is 0 Å². The topological polar surface area (TPSA) is 64.9 Å². The monoisotopic (exact) mass is 137 g/mol. The Bertz CT molecular complexity index is 191. The van der Waals surface area contributed by atoms with Gasteiger partial charge < -0.3 is 11.5 Å². The zero-order valence-corrected chi connectivity index (χ0v) is 5.75. The Morgan fingerprint density at radius 1 is 1.30 bits per heavy atom. The first kappa shape index (κ1) is 7.18. The number of aromatic nitrogens is 1. The molecule has 1 aromatic rings. The molecule has 4 N–H and O–H groups in total. The fourth-order valence-electron chi connectivity index (χ4n) is 0.767. The Kier molecular flexibility index (Phi) is 2.36. The van der Waals surface area contributed by atoms with Crippen LogP contribution in [-0.2, 0) is 13.1 Å². The minimum atomic E-state index is 0.480. The van der Waals surface area contributed by atoms with Crippen LogP contribution in [0.1, 0.15) is 11.3 Å². The van der Waals surface area contributed by atoms with Crippen LogP contribution in [0.3, 0.4) is 0 Å². The van der Waals surface area contributed by atoms with E-state index in [9.17, 15) is 0 Å². The summed E-state index contributed by atoms with van der Waals surface area (Å²) in [6.07, 6.45) is 1.73. The number of nitrogens with two attached hydrogens (primary N) is 2. The molecule has 3 heteroatoms. The molecule has 0 saturated carbocycles. The van der Waals surface area contributed by atoms with Gasteiger partial charge in [0.05, 0.1) is 5.69 Å². The van der Waals surface area contributed by atoms with E-state index >= 15 is 0 Å². The average Bonchev–Trinajstić information content (AvgIpc) is 2.05. The molecular formula is C7H11N3. The predicted octanol–water partition coefficient (Wildman–Crippen LogP) is -0.00100. The highest BCUT2D eigenvalue weighted by Crippen LogP contribution is 1.98. The van der Waals surface area contributed by atoms with Crippen LogP contribution in [0.15, 0.2) is 18.3 Å². The van der Waals surface area contributed by atoms with Crippen molar-refractivity contribution in [2.45, 2.75) is 13.1 Å². The van der Waals surface area contributed by atoms with Gasteiger partial charge in [0.25, 0.3) is 0 Å². The van der Waals surface area contributed by atoms with Crippen LogP contribution in [0.4, 0.5) is 0 Å². The van der Waals surface area contributed by atoms with Gasteiger partial charge in [-0.05, 0) is 17.7 Å². The second-order valence-corrected chi connectivity index (χ2v) is 2.06. The lowest BCUT2D eigenvalue weighted by molar-refractivity contribution is 0.963. The molecule has 0 aliphatic rings. The smallest absolute Gasteiger partial charge is 0.0542 e. The molecule has 0 fully saturated rings. The number of rotatable bonds is 2. The lowest BCUT2D eigenvalue weighted by Gasteiger charge is -1.97. The van der Waals surface area contributed by atoms with E-state index in [1.165, 1.54) is 0 Å². The van der Waals surface area contributed by atoms with E-state index in [0.717, 1.165) is 11.3 Å². The van der Waals surface area contributed by atoms with Gasteiger partial charge >= 0.3 is 0 Å². The quantitative estimate of drug-likeness (QED) is 0.603. The second kappa shape index (κ2) is 3.29. The van der Waals surface area contributed by atoms with Crippen molar-refractivity contribution in [2.24, 2.45) is 11.5 Å². The SMILES string of the molecule is NCc1ccnc(CN)c1. The highest BCUT2D eigenvalue weighted by Gasteiger charge is 1.91. The lowest BCUT2D eigenvalue weighted by Crippen LogP contribution is -2.02. The molecule has 1 aromatic heterocycles. The Balaban J connectivity index is 2.87. The molecule has 3 nitrogen and oxygen atoms in total. The van der Waals surface area contributed by atoms with E-state index in [0.29, 0.717) is 13.1 Å². The van der Waals surface area contributed by atoms with Crippen molar-refractivity contribution in [3.05, 3.63) is 29.6 Å². The van der Waals surface area contributed by atoms with E-state index in [4.69, 9.17) is 11.5 Å². The standard InChI is InChI=1S/C7H11N3/c8-4-6-1-2-10-7(3-6)5-9/h1-3H,4-5,8-9H2. The summed E-state index contributed by atoms with van der Waals surface area (Å²) in [7, 11) is 0. The third-order valence-electron chi connectivity index (χ3n) is 1.33. The van der Waals surface area contributed by atoms with Gasteiger partial charge in [0.15, 0.2) is 0 Å². The highest BCUT2D eigenvalue weighted by atomic mass is 14.7. The van der Waals surface area contributed by atoms with Crippen molar-refractivity contribution in [1.29, 1.82) is 0 Å². The number of hydrogen-bond acceptors (Lipinski definition) is 3. The van der Waals surface area contributed by atoms with Gasteiger partial charge in [-0.3, -0.25) is 4.98 Å². The Labute approximate surface area is 60.1 Å². The van der Waals surface area contributed by atoms with Gasteiger partial charge in [0, 0.05) is 19.3 Å². The fraction of sp³-hybridized carbons (Fsp3) is 0.286. The third-order valence-corrected chi connectivity index (χ3v) is 1.33. The molecule has 1 rings (SSSR count). The summed E-state index contributed by atoms with van der Waals surface area (Å²) in [5.41, 5.74) is 12.7. The second-order valence-electron chi connectivity index (χ2n) is 2.06. The van der Waals surface area contributed by atoms with Gasteiger partial charge in [-0.15, -0.1) is 0 Å². The van der Waals surface area contributed by atoms with Crippen LogP contribution in [-0.4, -0.2) is 4.98 Å². The molecule has 54 valence electrons. The van der Waals surface area contributed by atoms with Crippen LogP contribution < -0.4 is 11.5 Å². The minimum absolute atomic E-state index is 0.480. The number of nitrogens with zero attached hydrogens (tertiary/aromatic N) is 1. The maximum Gasteiger partial charge on any atom is 0.0542 e. The molecule has 0 aliphatic heterocycles. The molecule has 0 saturated heterocycles. The van der Waals surface area contributed by atoms with E-state index in [1.54, 1.807) is 6.20 Å². The van der Waals surface area contributed by atoms with Crippen molar-refractivity contribution in [1.82, 2.24) is 4.98 Å². The summed E-state index contributed by atoms with van der Waals surface area (Å²) in [4.78, 5) is 4.03. The molecular weight excluding hydrogens is 126 g/mol. The van der Waals surface area contributed by atoms with Gasteiger partial charge in [0.2, 0.25) is 0 Å². The van der Waals surface area contributed by atoms with Crippen molar-refractivity contribution in [3.8, 4) is 0 Å². The maximum atomic E-state index is 5.40. The molecule has 0 aliphatic carbocycles. The first-order chi connectivity index (χ1) is 4.86. The Morgan fingerprint density at radius 3 is 2.70 bits per heavy atom. The molecule has 10 heavy (non-hydrogen) atoms. The summed E-state index contributed by atoms with van der Waals surface area (Å²) in [6.45, 7) is 1.03. The van der Waals surface area contributed by atoms with Gasteiger partial charge in [0.1, 0.15) is 0 Å². The summed E-state index contributed by atoms with van der Waals surface area (Å²) in [5, 5.41) is 0. The molecule has 0 unspecified atom stereocenters. The molecule has 0 atom stereocenters. The largest absolute Gasteiger partial charge is 0.326 e. The lowest BCUT2D eigenvalue weighted by atomic mass is 10.2. The number of hydrogen-bond donors (Lipinski definition) is 2. The predicted molar refractivity (Wildman–Crippen MR) is 40.0 cm³/mol. The Morgan fingerprint density at radius 2 is 2.10 bits per heavy atom. The summed E-state index contributed by atoms with van der Waals surface area (Å²) in [5.74, 6) is 0.